The highest BCUT2D eigenvalue weighted by Gasteiger charge is 2.27. The number of likely N-dealkylation sites (tertiary alicyclic amines) is 1. The molecule has 3 aromatic carbocycles. The molecule has 0 spiro atoms. The van der Waals surface area contributed by atoms with Gasteiger partial charge in [-0.2, -0.15) is 5.10 Å². The van der Waals surface area contributed by atoms with Gasteiger partial charge in [0.15, 0.2) is 0 Å². The smallest absolute Gasteiger partial charge is 0.414 e. The van der Waals surface area contributed by atoms with Crippen molar-refractivity contribution in [3.63, 3.8) is 0 Å². The topological polar surface area (TPSA) is 116 Å². The number of carbonyl (C=O) groups is 1. The van der Waals surface area contributed by atoms with Crippen molar-refractivity contribution in [3.8, 4) is 11.1 Å². The molecule has 1 aliphatic heterocycles. The monoisotopic (exact) mass is 498 g/mol. The first-order valence-electron chi connectivity index (χ1n) is 11.8. The average Bonchev–Trinajstić information content (AvgIpc) is 3.27. The summed E-state index contributed by atoms with van der Waals surface area (Å²) in [7, 11) is 1.95. The molecule has 0 aliphatic carbocycles. The number of likely N-dealkylation sites (N-methyl/N-ethyl adjacent to an activating group) is 1. The van der Waals surface area contributed by atoms with E-state index >= 15 is 0 Å². The Morgan fingerprint density at radius 1 is 1.14 bits per heavy atom. The number of carbonyl (C=O) groups excluding carboxylic acids is 1. The number of fused-ring (bicyclic) bond motifs is 2. The van der Waals surface area contributed by atoms with Gasteiger partial charge in [-0.3, -0.25) is 15.0 Å². The molecule has 0 bridgehead atoms. The molecule has 3 heterocycles. The quantitative estimate of drug-likeness (QED) is 0.337. The summed E-state index contributed by atoms with van der Waals surface area (Å²) in [5.74, 6) is -0.107. The number of imidazole rings is 1. The van der Waals surface area contributed by atoms with Crippen molar-refractivity contribution in [2.75, 3.05) is 25.5 Å². The van der Waals surface area contributed by atoms with Gasteiger partial charge in [0.2, 0.25) is 5.95 Å². The van der Waals surface area contributed by atoms with Gasteiger partial charge in [0.25, 0.3) is 5.56 Å². The van der Waals surface area contributed by atoms with E-state index in [0.717, 1.165) is 10.9 Å². The van der Waals surface area contributed by atoms with Crippen LogP contribution in [-0.4, -0.2) is 57.4 Å². The highest BCUT2D eigenvalue weighted by Crippen LogP contribution is 2.29. The molecule has 1 fully saturated rings. The van der Waals surface area contributed by atoms with Gasteiger partial charge in [0, 0.05) is 30.5 Å². The van der Waals surface area contributed by atoms with Crippen LogP contribution in [0.25, 0.3) is 32.9 Å². The van der Waals surface area contributed by atoms with Gasteiger partial charge in [-0.1, -0.05) is 30.3 Å². The van der Waals surface area contributed by atoms with Crippen LogP contribution in [0.15, 0.2) is 65.5 Å². The summed E-state index contributed by atoms with van der Waals surface area (Å²) < 4.78 is 20.2. The molecule has 1 amide bonds. The average molecular weight is 499 g/mol. The van der Waals surface area contributed by atoms with E-state index in [1.54, 1.807) is 42.5 Å². The number of benzene rings is 3. The maximum Gasteiger partial charge on any atom is 0.414 e. The van der Waals surface area contributed by atoms with E-state index in [9.17, 15) is 14.0 Å². The third kappa shape index (κ3) is 4.54. The molecule has 186 valence electrons. The van der Waals surface area contributed by atoms with Crippen molar-refractivity contribution >= 4 is 33.8 Å². The molecule has 9 nitrogen and oxygen atoms in total. The third-order valence-electron chi connectivity index (χ3n) is 6.50. The molecule has 2 aromatic heterocycles. The second kappa shape index (κ2) is 9.14. The first-order valence-corrected chi connectivity index (χ1v) is 11.8. The fraction of sp³-hybridized carbons (Fsp3) is 0.185. The van der Waals surface area contributed by atoms with Crippen LogP contribution in [0.2, 0.25) is 0 Å². The number of anilines is 1. The zero-order valence-electron chi connectivity index (χ0n) is 19.9. The van der Waals surface area contributed by atoms with Gasteiger partial charge in [-0.25, -0.2) is 19.3 Å². The Labute approximate surface area is 210 Å². The number of nitrogens with one attached hydrogen (secondary N) is 3. The van der Waals surface area contributed by atoms with Crippen LogP contribution < -0.4 is 10.9 Å². The van der Waals surface area contributed by atoms with Crippen LogP contribution in [0.3, 0.4) is 0 Å². The molecule has 0 unspecified atom stereocenters. The number of ether oxygens (including phenoxy) is 1. The van der Waals surface area contributed by atoms with Gasteiger partial charge in [-0.05, 0) is 48.5 Å². The fourth-order valence-electron chi connectivity index (χ4n) is 4.63. The predicted molar refractivity (Wildman–Crippen MR) is 138 cm³/mol. The first-order chi connectivity index (χ1) is 17.9. The lowest BCUT2D eigenvalue weighted by atomic mass is 9.98. The van der Waals surface area contributed by atoms with Crippen LogP contribution in [0.5, 0.6) is 0 Å². The Morgan fingerprint density at radius 2 is 1.95 bits per heavy atom. The molecule has 6 rings (SSSR count). The number of amides is 1. The normalized spacial score (nSPS) is 14.1. The lowest BCUT2D eigenvalue weighted by Crippen LogP contribution is -2.50. The summed E-state index contributed by atoms with van der Waals surface area (Å²) in [6.07, 6.45) is -0.274. The van der Waals surface area contributed by atoms with E-state index in [-0.39, 0.29) is 23.4 Å². The van der Waals surface area contributed by atoms with E-state index in [2.05, 4.69) is 25.5 Å². The van der Waals surface area contributed by atoms with Gasteiger partial charge in [0.1, 0.15) is 11.9 Å². The molecule has 0 saturated carbocycles. The number of nitrogens with zero attached hydrogens (tertiary/aromatic N) is 3. The van der Waals surface area contributed by atoms with Crippen LogP contribution in [0.1, 0.15) is 11.3 Å². The van der Waals surface area contributed by atoms with Gasteiger partial charge >= 0.3 is 6.09 Å². The van der Waals surface area contributed by atoms with Crippen molar-refractivity contribution in [1.29, 1.82) is 0 Å². The maximum absolute atomic E-state index is 14.9. The minimum absolute atomic E-state index is 0.124. The van der Waals surface area contributed by atoms with E-state index < -0.39 is 6.09 Å². The Morgan fingerprint density at radius 3 is 2.76 bits per heavy atom. The lowest BCUT2D eigenvalue weighted by Gasteiger charge is -2.34. The van der Waals surface area contributed by atoms with Crippen LogP contribution in [0, 0.1) is 5.82 Å². The highest BCUT2D eigenvalue weighted by atomic mass is 19.1. The molecule has 37 heavy (non-hydrogen) atoms. The molecule has 1 aliphatic rings. The van der Waals surface area contributed by atoms with Gasteiger partial charge < -0.3 is 9.72 Å². The molecular formula is C27H23FN6O3. The Hall–Kier alpha value is -4.57. The van der Waals surface area contributed by atoms with Crippen molar-refractivity contribution in [3.05, 3.63) is 88.1 Å². The minimum Gasteiger partial charge on any atom is -0.443 e. The number of aromatic nitrogens is 4. The largest absolute Gasteiger partial charge is 0.443 e. The molecule has 10 heteroatoms. The fourth-order valence-corrected chi connectivity index (χ4v) is 4.63. The Balaban J connectivity index is 1.25. The van der Waals surface area contributed by atoms with Crippen molar-refractivity contribution in [1.82, 2.24) is 25.1 Å². The molecule has 3 N–H and O–H groups in total. The number of hydrogen-bond donors (Lipinski definition) is 3. The SMILES string of the molecule is CN1CC(OC(=O)Nc2nc3ccc(-c4cc(Cc5n[nH]c(=O)c6ccccc56)ccc4F)cc3[nH]2)C1. The first kappa shape index (κ1) is 22.9. The number of rotatable bonds is 5. The Bertz CT molecular complexity index is 1710. The zero-order chi connectivity index (χ0) is 25.5. The van der Waals surface area contributed by atoms with Gasteiger partial charge in [-0.15, -0.1) is 0 Å². The summed E-state index contributed by atoms with van der Waals surface area (Å²) in [5.41, 5.74) is 3.65. The summed E-state index contributed by atoms with van der Waals surface area (Å²) in [6, 6.07) is 17.5. The van der Waals surface area contributed by atoms with Gasteiger partial charge in [0.05, 0.1) is 22.1 Å². The van der Waals surface area contributed by atoms with E-state index in [1.165, 1.54) is 6.07 Å². The number of halogens is 1. The summed E-state index contributed by atoms with van der Waals surface area (Å²) in [5, 5.41) is 10.7. The number of hydrogen-bond acceptors (Lipinski definition) is 6. The minimum atomic E-state index is -0.570. The van der Waals surface area contributed by atoms with Crippen molar-refractivity contribution in [2.45, 2.75) is 12.5 Å². The third-order valence-corrected chi connectivity index (χ3v) is 6.50. The summed E-state index contributed by atoms with van der Waals surface area (Å²) >= 11 is 0. The van der Waals surface area contributed by atoms with E-state index in [1.807, 2.05) is 24.1 Å². The van der Waals surface area contributed by atoms with Crippen molar-refractivity contribution in [2.24, 2.45) is 0 Å². The van der Waals surface area contributed by atoms with Crippen molar-refractivity contribution < 1.29 is 13.9 Å². The van der Waals surface area contributed by atoms with E-state index in [0.29, 0.717) is 52.8 Å². The van der Waals surface area contributed by atoms with Crippen LogP contribution >= 0.6 is 0 Å². The lowest BCUT2D eigenvalue weighted by molar-refractivity contribution is 0.00677. The highest BCUT2D eigenvalue weighted by molar-refractivity contribution is 5.88. The second-order valence-electron chi connectivity index (χ2n) is 9.23. The summed E-state index contributed by atoms with van der Waals surface area (Å²) in [4.78, 5) is 33.7. The predicted octanol–water partition coefficient (Wildman–Crippen LogP) is 4.06. The standard InChI is InChI=1S/C27H23FN6O3/c1-34-13-17(14-34)37-27(36)31-26-29-22-9-7-16(12-24(22)30-26)20-10-15(6-8-21(20)28)11-23-18-4-2-3-5-19(18)25(35)33-32-23/h2-10,12,17H,11,13-14H2,1H3,(H,33,35)(H2,29,30,31,36). The molecular weight excluding hydrogens is 475 g/mol. The zero-order valence-corrected chi connectivity index (χ0v) is 19.9. The summed E-state index contributed by atoms with van der Waals surface area (Å²) in [6.45, 7) is 1.41. The Kier molecular flexibility index (Phi) is 5.65. The van der Waals surface area contributed by atoms with E-state index in [4.69, 9.17) is 4.74 Å². The number of H-pyrrole nitrogens is 2. The molecule has 5 aromatic rings. The van der Waals surface area contributed by atoms with Crippen LogP contribution in [-0.2, 0) is 11.2 Å². The molecule has 0 atom stereocenters. The molecule has 0 radical (unpaired) electrons. The second-order valence-corrected chi connectivity index (χ2v) is 9.23. The molecule has 1 saturated heterocycles. The number of aromatic amines is 2. The maximum atomic E-state index is 14.9. The van der Waals surface area contributed by atoms with Crippen LogP contribution in [0.4, 0.5) is 15.1 Å².